The minimum absolute atomic E-state index is 0.834. The summed E-state index contributed by atoms with van der Waals surface area (Å²) in [7, 11) is 0. The fourth-order valence-electron chi connectivity index (χ4n) is 1.31. The zero-order chi connectivity index (χ0) is 10.1. The number of anilines is 1. The quantitative estimate of drug-likeness (QED) is 0.775. The van der Waals surface area contributed by atoms with Crippen molar-refractivity contribution >= 4 is 33.0 Å². The van der Waals surface area contributed by atoms with Crippen LogP contribution in [0.15, 0.2) is 34.1 Å². The first kappa shape index (κ1) is 9.74. The molecule has 2 rings (SSSR count). The van der Waals surface area contributed by atoms with E-state index in [0.29, 0.717) is 0 Å². The highest BCUT2D eigenvalue weighted by atomic mass is 79.9. The lowest BCUT2D eigenvalue weighted by molar-refractivity contribution is 1.52. The summed E-state index contributed by atoms with van der Waals surface area (Å²) in [4.78, 5) is 1.22. The monoisotopic (exact) mass is 267 g/mol. The molecule has 0 spiro atoms. The van der Waals surface area contributed by atoms with Gasteiger partial charge in [-0.3, -0.25) is 0 Å². The second kappa shape index (κ2) is 3.75. The first-order chi connectivity index (χ1) is 6.68. The average Bonchev–Trinajstić information content (AvgIpc) is 2.48. The molecule has 0 atom stereocenters. The van der Waals surface area contributed by atoms with Gasteiger partial charge in [0, 0.05) is 16.1 Å². The van der Waals surface area contributed by atoms with E-state index in [-0.39, 0.29) is 0 Å². The van der Waals surface area contributed by atoms with Gasteiger partial charge in [0.25, 0.3) is 0 Å². The number of hydrogen-bond acceptors (Lipinski definition) is 2. The minimum atomic E-state index is 0.834. The summed E-state index contributed by atoms with van der Waals surface area (Å²) in [5.74, 6) is 0. The van der Waals surface area contributed by atoms with Gasteiger partial charge in [0.2, 0.25) is 0 Å². The Bertz CT molecular complexity index is 443. The molecular weight excluding hydrogens is 258 g/mol. The van der Waals surface area contributed by atoms with Gasteiger partial charge in [-0.15, -0.1) is 11.3 Å². The van der Waals surface area contributed by atoms with Crippen molar-refractivity contribution in [3.63, 3.8) is 0 Å². The molecule has 0 saturated heterocycles. The normalized spacial score (nSPS) is 10.4. The van der Waals surface area contributed by atoms with E-state index < -0.39 is 0 Å². The number of aryl methyl sites for hydroxylation is 1. The predicted octanol–water partition coefficient (Wildman–Crippen LogP) is 4.07. The molecule has 0 fully saturated rings. The number of nitrogen functional groups attached to an aromatic ring is 1. The van der Waals surface area contributed by atoms with Crippen LogP contribution in [0.5, 0.6) is 0 Å². The lowest BCUT2D eigenvalue weighted by atomic mass is 10.1. The van der Waals surface area contributed by atoms with Crippen LogP contribution < -0.4 is 5.73 Å². The van der Waals surface area contributed by atoms with E-state index in [4.69, 9.17) is 5.73 Å². The highest BCUT2D eigenvalue weighted by molar-refractivity contribution is 9.11. The Morgan fingerprint density at radius 1 is 1.29 bits per heavy atom. The van der Waals surface area contributed by atoms with Gasteiger partial charge in [0.15, 0.2) is 0 Å². The van der Waals surface area contributed by atoms with Crippen LogP contribution in [0.25, 0.3) is 10.4 Å². The smallest absolute Gasteiger partial charge is 0.0734 e. The van der Waals surface area contributed by atoms with Crippen LogP contribution in [0.1, 0.15) is 5.56 Å². The topological polar surface area (TPSA) is 26.0 Å². The highest BCUT2D eigenvalue weighted by Gasteiger charge is 2.06. The van der Waals surface area contributed by atoms with Crippen molar-refractivity contribution in [2.75, 3.05) is 5.73 Å². The maximum absolute atomic E-state index is 5.90. The van der Waals surface area contributed by atoms with E-state index in [0.717, 1.165) is 11.3 Å². The van der Waals surface area contributed by atoms with E-state index in [1.807, 2.05) is 24.3 Å². The Morgan fingerprint density at radius 2 is 2.00 bits per heavy atom. The molecule has 0 unspecified atom stereocenters. The molecule has 1 aromatic heterocycles. The van der Waals surface area contributed by atoms with Crippen molar-refractivity contribution < 1.29 is 0 Å². The van der Waals surface area contributed by atoms with Crippen LogP contribution in [0.2, 0.25) is 0 Å². The van der Waals surface area contributed by atoms with Gasteiger partial charge in [-0.25, -0.2) is 0 Å². The van der Waals surface area contributed by atoms with E-state index >= 15 is 0 Å². The molecule has 1 heterocycles. The molecule has 2 N–H and O–H groups in total. The molecule has 0 radical (unpaired) electrons. The molecule has 0 saturated carbocycles. The number of benzene rings is 1. The summed E-state index contributed by atoms with van der Waals surface area (Å²) in [6.07, 6.45) is 0. The third-order valence-electron chi connectivity index (χ3n) is 2.08. The van der Waals surface area contributed by atoms with Crippen LogP contribution in [-0.4, -0.2) is 0 Å². The first-order valence-corrected chi connectivity index (χ1v) is 5.90. The Balaban J connectivity index is 2.55. The predicted molar refractivity (Wildman–Crippen MR) is 66.6 cm³/mol. The van der Waals surface area contributed by atoms with Gasteiger partial charge in [-0.1, -0.05) is 18.2 Å². The fraction of sp³-hybridized carbons (Fsp3) is 0.0909. The summed E-state index contributed by atoms with van der Waals surface area (Å²) in [5.41, 5.74) is 9.11. The average molecular weight is 268 g/mol. The number of halogens is 1. The van der Waals surface area contributed by atoms with Crippen molar-refractivity contribution in [3.8, 4) is 10.4 Å². The van der Waals surface area contributed by atoms with E-state index in [1.54, 1.807) is 11.3 Å². The molecule has 0 amide bonds. The summed E-state index contributed by atoms with van der Waals surface area (Å²) in [6.45, 7) is 2.09. The van der Waals surface area contributed by atoms with Gasteiger partial charge in [0.1, 0.15) is 0 Å². The lowest BCUT2D eigenvalue weighted by Gasteiger charge is -2.00. The van der Waals surface area contributed by atoms with Gasteiger partial charge in [-0.2, -0.15) is 0 Å². The molecule has 1 aromatic carbocycles. The van der Waals surface area contributed by atoms with E-state index in [2.05, 4.69) is 28.9 Å². The van der Waals surface area contributed by atoms with Crippen molar-refractivity contribution in [2.24, 2.45) is 0 Å². The molecule has 0 aliphatic heterocycles. The number of para-hydroxylation sites is 1. The molecule has 0 bridgehead atoms. The Kier molecular flexibility index (Phi) is 2.61. The number of thiophene rings is 1. The second-order valence-corrected chi connectivity index (χ2v) is 5.52. The van der Waals surface area contributed by atoms with Crippen LogP contribution in [0, 0.1) is 6.92 Å². The third kappa shape index (κ3) is 1.70. The van der Waals surface area contributed by atoms with Crippen molar-refractivity contribution in [3.05, 3.63) is 39.7 Å². The zero-order valence-corrected chi connectivity index (χ0v) is 10.2. The molecule has 14 heavy (non-hydrogen) atoms. The summed E-state index contributed by atoms with van der Waals surface area (Å²) in [5, 5.41) is 0. The minimum Gasteiger partial charge on any atom is -0.398 e. The van der Waals surface area contributed by atoms with Gasteiger partial charge >= 0.3 is 0 Å². The first-order valence-electron chi connectivity index (χ1n) is 4.29. The maximum atomic E-state index is 5.90. The Labute approximate surface area is 95.7 Å². The van der Waals surface area contributed by atoms with Crippen LogP contribution in [-0.2, 0) is 0 Å². The third-order valence-corrected chi connectivity index (χ3v) is 4.25. The van der Waals surface area contributed by atoms with Crippen LogP contribution in [0.4, 0.5) is 5.69 Å². The Morgan fingerprint density at radius 3 is 2.57 bits per heavy atom. The van der Waals surface area contributed by atoms with E-state index in [1.165, 1.54) is 14.2 Å². The SMILES string of the molecule is Cc1cc(-c2ccccc2N)sc1Br. The molecule has 3 heteroatoms. The zero-order valence-electron chi connectivity index (χ0n) is 7.75. The van der Waals surface area contributed by atoms with Gasteiger partial charge in [0.05, 0.1) is 3.79 Å². The molecular formula is C11H10BrNS. The van der Waals surface area contributed by atoms with Gasteiger partial charge < -0.3 is 5.73 Å². The second-order valence-electron chi connectivity index (χ2n) is 3.15. The number of hydrogen-bond donors (Lipinski definition) is 1. The molecule has 72 valence electrons. The van der Waals surface area contributed by atoms with Crippen LogP contribution >= 0.6 is 27.3 Å². The van der Waals surface area contributed by atoms with E-state index in [9.17, 15) is 0 Å². The van der Waals surface area contributed by atoms with Crippen molar-refractivity contribution in [2.45, 2.75) is 6.92 Å². The lowest BCUT2D eigenvalue weighted by Crippen LogP contribution is -1.86. The molecule has 1 nitrogen and oxygen atoms in total. The summed E-state index contributed by atoms with van der Waals surface area (Å²) < 4.78 is 1.18. The highest BCUT2D eigenvalue weighted by Crippen LogP contribution is 2.36. The number of nitrogens with two attached hydrogens (primary N) is 1. The maximum Gasteiger partial charge on any atom is 0.0734 e. The van der Waals surface area contributed by atoms with Crippen molar-refractivity contribution in [1.82, 2.24) is 0 Å². The summed E-state index contributed by atoms with van der Waals surface area (Å²) >= 11 is 5.23. The van der Waals surface area contributed by atoms with Gasteiger partial charge in [-0.05, 0) is 40.5 Å². The molecule has 0 aliphatic carbocycles. The standard InChI is InChI=1S/C11H10BrNS/c1-7-6-10(14-11(7)12)8-4-2-3-5-9(8)13/h2-6H,13H2,1H3. The molecule has 2 aromatic rings. The Hall–Kier alpha value is -0.800. The number of rotatable bonds is 1. The van der Waals surface area contributed by atoms with Crippen LogP contribution in [0.3, 0.4) is 0 Å². The largest absolute Gasteiger partial charge is 0.398 e. The molecule has 0 aliphatic rings. The fourth-order valence-corrected chi connectivity index (χ4v) is 2.90. The van der Waals surface area contributed by atoms with Crippen molar-refractivity contribution in [1.29, 1.82) is 0 Å². The summed E-state index contributed by atoms with van der Waals surface area (Å²) in [6, 6.07) is 10.1.